The Kier molecular flexibility index (Phi) is 4.83. The molecule has 0 aliphatic carbocycles. The zero-order valence-electron chi connectivity index (χ0n) is 15.0. The van der Waals surface area contributed by atoms with E-state index in [1.165, 1.54) is 12.1 Å². The van der Waals surface area contributed by atoms with Crippen molar-refractivity contribution < 1.29 is 13.2 Å². The summed E-state index contributed by atoms with van der Waals surface area (Å²) in [6, 6.07) is 18.5. The van der Waals surface area contributed by atoms with E-state index in [-0.39, 0.29) is 16.8 Å². The predicted octanol–water partition coefficient (Wildman–Crippen LogP) is 4.04. The summed E-state index contributed by atoms with van der Waals surface area (Å²) >= 11 is 0. The van der Waals surface area contributed by atoms with Crippen LogP contribution < -0.4 is 5.32 Å². The maximum Gasteiger partial charge on any atom is 0.252 e. The number of fused-ring (bicyclic) bond motifs is 1. The number of carbonyl (C=O) groups excluding carboxylic acids is 1. The van der Waals surface area contributed by atoms with Crippen molar-refractivity contribution in [2.45, 2.75) is 24.8 Å². The number of aryl methyl sites for hydroxylation is 1. The fourth-order valence-corrected chi connectivity index (χ4v) is 3.56. The highest BCUT2D eigenvalue weighted by Crippen LogP contribution is 2.21. The lowest BCUT2D eigenvalue weighted by Gasteiger charge is -2.16. The summed E-state index contributed by atoms with van der Waals surface area (Å²) < 4.78 is 23.5. The molecule has 3 rings (SSSR count). The topological polar surface area (TPSA) is 63.2 Å². The second-order valence-corrected chi connectivity index (χ2v) is 8.57. The van der Waals surface area contributed by atoms with Crippen molar-refractivity contribution in [2.24, 2.45) is 0 Å². The van der Waals surface area contributed by atoms with Crippen LogP contribution in [-0.4, -0.2) is 20.6 Å². The molecule has 26 heavy (non-hydrogen) atoms. The summed E-state index contributed by atoms with van der Waals surface area (Å²) in [6.45, 7) is 3.71. The van der Waals surface area contributed by atoms with Gasteiger partial charge in [-0.3, -0.25) is 4.79 Å². The second kappa shape index (κ2) is 6.92. The largest absolute Gasteiger partial charge is 0.346 e. The molecule has 5 heteroatoms. The summed E-state index contributed by atoms with van der Waals surface area (Å²) in [4.78, 5) is 12.8. The van der Waals surface area contributed by atoms with E-state index >= 15 is 0 Å². The number of hydrogen-bond donors (Lipinski definition) is 1. The molecule has 1 amide bonds. The zero-order chi connectivity index (χ0) is 18.9. The van der Waals surface area contributed by atoms with Gasteiger partial charge in [-0.2, -0.15) is 0 Å². The highest BCUT2D eigenvalue weighted by molar-refractivity contribution is 7.90. The highest BCUT2D eigenvalue weighted by atomic mass is 32.2. The van der Waals surface area contributed by atoms with Gasteiger partial charge < -0.3 is 5.32 Å². The average molecular weight is 367 g/mol. The van der Waals surface area contributed by atoms with E-state index in [0.29, 0.717) is 5.56 Å². The first kappa shape index (κ1) is 18.1. The fraction of sp³-hybridized carbons (Fsp3) is 0.190. The van der Waals surface area contributed by atoms with Gasteiger partial charge in [0.15, 0.2) is 9.84 Å². The molecule has 0 spiro atoms. The Morgan fingerprint density at radius 3 is 2.35 bits per heavy atom. The van der Waals surface area contributed by atoms with Crippen LogP contribution in [0.4, 0.5) is 0 Å². The van der Waals surface area contributed by atoms with Crippen molar-refractivity contribution in [2.75, 3.05) is 6.26 Å². The van der Waals surface area contributed by atoms with E-state index in [1.54, 1.807) is 13.0 Å². The molecule has 3 aromatic carbocycles. The van der Waals surface area contributed by atoms with Crippen molar-refractivity contribution in [3.05, 3.63) is 77.4 Å². The normalized spacial score (nSPS) is 12.7. The molecule has 0 radical (unpaired) electrons. The molecule has 134 valence electrons. The van der Waals surface area contributed by atoms with Crippen molar-refractivity contribution in [1.82, 2.24) is 5.32 Å². The van der Waals surface area contributed by atoms with Crippen LogP contribution in [0.3, 0.4) is 0 Å². The van der Waals surface area contributed by atoms with Crippen LogP contribution in [-0.2, 0) is 9.84 Å². The van der Waals surface area contributed by atoms with E-state index in [1.807, 2.05) is 43.3 Å². The number of sulfone groups is 1. The number of hydrogen-bond acceptors (Lipinski definition) is 3. The molecule has 0 saturated heterocycles. The first-order valence-electron chi connectivity index (χ1n) is 8.36. The van der Waals surface area contributed by atoms with Gasteiger partial charge in [-0.15, -0.1) is 0 Å². The van der Waals surface area contributed by atoms with Crippen LogP contribution in [0.2, 0.25) is 0 Å². The van der Waals surface area contributed by atoms with Gasteiger partial charge in [0.25, 0.3) is 5.91 Å². The Hall–Kier alpha value is -2.66. The minimum Gasteiger partial charge on any atom is -0.346 e. The van der Waals surface area contributed by atoms with Gasteiger partial charge in [-0.1, -0.05) is 42.5 Å². The molecule has 0 fully saturated rings. The molecule has 4 nitrogen and oxygen atoms in total. The first-order valence-corrected chi connectivity index (χ1v) is 10.2. The van der Waals surface area contributed by atoms with Crippen LogP contribution in [0.25, 0.3) is 10.8 Å². The SMILES string of the molecule is Cc1ccc(S(C)(=O)=O)cc1C(=O)NC(C)c1ccc2ccccc2c1. The summed E-state index contributed by atoms with van der Waals surface area (Å²) in [5, 5.41) is 5.22. The minimum absolute atomic E-state index is 0.145. The van der Waals surface area contributed by atoms with Crippen molar-refractivity contribution >= 4 is 26.5 Å². The van der Waals surface area contributed by atoms with E-state index < -0.39 is 9.84 Å². The predicted molar refractivity (Wildman–Crippen MR) is 104 cm³/mol. The van der Waals surface area contributed by atoms with E-state index in [4.69, 9.17) is 0 Å². The standard InChI is InChI=1S/C21H21NO3S/c1-14-8-11-19(26(3,24)25)13-20(14)21(23)22-15(2)17-10-9-16-6-4-5-7-18(16)12-17/h4-13,15H,1-3H3,(H,22,23). The fourth-order valence-electron chi connectivity index (χ4n) is 2.91. The van der Waals surface area contributed by atoms with Crippen molar-refractivity contribution in [1.29, 1.82) is 0 Å². The number of benzene rings is 3. The lowest BCUT2D eigenvalue weighted by Crippen LogP contribution is -2.27. The Bertz CT molecular complexity index is 1090. The van der Waals surface area contributed by atoms with Crippen LogP contribution >= 0.6 is 0 Å². The van der Waals surface area contributed by atoms with E-state index in [0.717, 1.165) is 28.2 Å². The van der Waals surface area contributed by atoms with Gasteiger partial charge >= 0.3 is 0 Å². The molecule has 1 atom stereocenters. The van der Waals surface area contributed by atoms with Crippen LogP contribution in [0, 0.1) is 6.92 Å². The Morgan fingerprint density at radius 1 is 0.962 bits per heavy atom. The van der Waals surface area contributed by atoms with Crippen LogP contribution in [0.5, 0.6) is 0 Å². The summed E-state index contributed by atoms with van der Waals surface area (Å²) in [5.41, 5.74) is 2.11. The number of carbonyl (C=O) groups is 1. The van der Waals surface area contributed by atoms with Crippen LogP contribution in [0.1, 0.15) is 34.5 Å². The Labute approximate surface area is 153 Å². The smallest absolute Gasteiger partial charge is 0.252 e. The summed E-state index contributed by atoms with van der Waals surface area (Å²) in [7, 11) is -3.36. The third-order valence-electron chi connectivity index (χ3n) is 4.50. The molecule has 0 aliphatic heterocycles. The molecule has 1 N–H and O–H groups in total. The molecule has 0 bridgehead atoms. The van der Waals surface area contributed by atoms with Gasteiger partial charge in [0.2, 0.25) is 0 Å². The Morgan fingerprint density at radius 2 is 1.65 bits per heavy atom. The third-order valence-corrected chi connectivity index (χ3v) is 5.61. The molecule has 3 aromatic rings. The van der Waals surface area contributed by atoms with Gasteiger partial charge in [-0.05, 0) is 53.9 Å². The molecular weight excluding hydrogens is 346 g/mol. The van der Waals surface area contributed by atoms with Crippen LogP contribution in [0.15, 0.2) is 65.6 Å². The Balaban J connectivity index is 1.87. The van der Waals surface area contributed by atoms with Crippen molar-refractivity contribution in [3.8, 4) is 0 Å². The summed E-state index contributed by atoms with van der Waals surface area (Å²) in [5.74, 6) is -0.284. The molecule has 0 heterocycles. The molecular formula is C21H21NO3S. The second-order valence-electron chi connectivity index (χ2n) is 6.55. The van der Waals surface area contributed by atoms with E-state index in [2.05, 4.69) is 11.4 Å². The monoisotopic (exact) mass is 367 g/mol. The highest BCUT2D eigenvalue weighted by Gasteiger charge is 2.17. The number of nitrogens with one attached hydrogen (secondary N) is 1. The maximum absolute atomic E-state index is 12.7. The maximum atomic E-state index is 12.7. The molecule has 0 aliphatic rings. The van der Waals surface area contributed by atoms with Gasteiger partial charge in [-0.25, -0.2) is 8.42 Å². The number of rotatable bonds is 4. The van der Waals surface area contributed by atoms with Gasteiger partial charge in [0.05, 0.1) is 10.9 Å². The third kappa shape index (κ3) is 3.78. The van der Waals surface area contributed by atoms with Gasteiger partial charge in [0.1, 0.15) is 0 Å². The number of amides is 1. The van der Waals surface area contributed by atoms with Gasteiger partial charge in [0, 0.05) is 11.8 Å². The molecule has 1 unspecified atom stereocenters. The quantitative estimate of drug-likeness (QED) is 0.757. The lowest BCUT2D eigenvalue weighted by molar-refractivity contribution is 0.0939. The first-order chi connectivity index (χ1) is 12.3. The summed E-state index contributed by atoms with van der Waals surface area (Å²) in [6.07, 6.45) is 1.14. The zero-order valence-corrected chi connectivity index (χ0v) is 15.8. The van der Waals surface area contributed by atoms with E-state index in [9.17, 15) is 13.2 Å². The molecule has 0 aromatic heterocycles. The lowest BCUT2D eigenvalue weighted by atomic mass is 10.0. The molecule has 0 saturated carbocycles. The van der Waals surface area contributed by atoms with Crippen molar-refractivity contribution in [3.63, 3.8) is 0 Å². The average Bonchev–Trinajstić information content (AvgIpc) is 2.60. The minimum atomic E-state index is -3.36.